The van der Waals surface area contributed by atoms with Crippen molar-refractivity contribution in [2.75, 3.05) is 0 Å². The summed E-state index contributed by atoms with van der Waals surface area (Å²) in [6.07, 6.45) is 0. The molecule has 0 amide bonds. The van der Waals surface area contributed by atoms with Gasteiger partial charge in [0.2, 0.25) is 0 Å². The summed E-state index contributed by atoms with van der Waals surface area (Å²) in [5.74, 6) is 0. The Hall–Kier alpha value is 4.04. The fourth-order valence-corrected chi connectivity index (χ4v) is 6.60. The Kier molecular flexibility index (Phi) is 18.4. The standard InChI is InChI=1S/C6HI5S.C6H6S.2Zn/c7-1-2(8)4(10)6(12)5(11)3(1)9;7-6-4-2-1-3-5-6;;/h12H;1-5,7H;;. The fourth-order valence-electron chi connectivity index (χ4n) is 1.02. The molecular weight excluding hydrogens is 974 g/mol. The van der Waals surface area contributed by atoms with Gasteiger partial charge >= 0.3 is 0 Å². The Balaban J connectivity index is 0. The average molecular weight is 981 g/mol. The van der Waals surface area contributed by atoms with Crippen molar-refractivity contribution in [3.8, 4) is 0 Å². The molecule has 2 rings (SSSR count). The predicted octanol–water partition coefficient (Wildman–Crippen LogP) is 6.97. The summed E-state index contributed by atoms with van der Waals surface area (Å²) in [7, 11) is 0. The molecule has 0 fully saturated rings. The number of hydrogen-bond donors (Lipinski definition) is 2. The van der Waals surface area contributed by atoms with E-state index >= 15 is 0 Å². The second-order valence-corrected chi connectivity index (χ2v) is 9.61. The first-order valence-corrected chi connectivity index (χ1v) is 11.1. The molecule has 21 heavy (non-hydrogen) atoms. The summed E-state index contributed by atoms with van der Waals surface area (Å²) in [4.78, 5) is 2.12. The molecule has 0 heterocycles. The van der Waals surface area contributed by atoms with Gasteiger partial charge in [0.25, 0.3) is 0 Å². The van der Waals surface area contributed by atoms with Crippen molar-refractivity contribution in [2.45, 2.75) is 9.79 Å². The Morgan fingerprint density at radius 2 is 0.905 bits per heavy atom. The molecule has 0 N–H and O–H groups in total. The van der Waals surface area contributed by atoms with Crippen molar-refractivity contribution in [3.63, 3.8) is 0 Å². The number of halogens is 5. The van der Waals surface area contributed by atoms with Gasteiger partial charge in [0.1, 0.15) is 0 Å². The van der Waals surface area contributed by atoms with Crippen molar-refractivity contribution >= 4 is 138 Å². The Bertz CT molecular complexity index is 477. The maximum Gasteiger partial charge on any atom is 0.0420 e. The van der Waals surface area contributed by atoms with Gasteiger partial charge in [-0.25, -0.2) is 0 Å². The molecule has 9 heteroatoms. The zero-order valence-corrected chi connectivity index (χ0v) is 29.1. The van der Waals surface area contributed by atoms with Crippen LogP contribution in [0.25, 0.3) is 0 Å². The van der Waals surface area contributed by atoms with E-state index in [9.17, 15) is 0 Å². The van der Waals surface area contributed by atoms with Gasteiger partial charge in [-0.3, -0.25) is 0 Å². The van der Waals surface area contributed by atoms with Gasteiger partial charge < -0.3 is 0 Å². The molecule has 0 radical (unpaired) electrons. The maximum absolute atomic E-state index is 4.47. The first-order chi connectivity index (χ1) is 8.86. The molecule has 0 nitrogen and oxygen atoms in total. The molecule has 0 unspecified atom stereocenters. The van der Waals surface area contributed by atoms with E-state index in [0.717, 1.165) is 9.79 Å². The fraction of sp³-hybridized carbons (Fsp3) is 0. The molecular formula is C12H7I5S2Zn2. The van der Waals surface area contributed by atoms with E-state index in [2.05, 4.69) is 138 Å². The molecule has 0 bridgehead atoms. The smallest absolute Gasteiger partial charge is 0.0420 e. The third-order valence-corrected chi connectivity index (χ3v) is 13.1. The second-order valence-electron chi connectivity index (χ2n) is 3.25. The van der Waals surface area contributed by atoms with Gasteiger partial charge in [-0.2, -0.15) is 0 Å². The molecule has 0 aromatic heterocycles. The summed E-state index contributed by atoms with van der Waals surface area (Å²) in [5.41, 5.74) is 0. The number of thiol groups is 2. The third kappa shape index (κ3) is 8.99. The van der Waals surface area contributed by atoms with Gasteiger partial charge in [-0.05, 0) is 125 Å². The first-order valence-electron chi connectivity index (χ1n) is 4.80. The van der Waals surface area contributed by atoms with Gasteiger partial charge in [0, 0.05) is 66.6 Å². The molecule has 2 aromatic rings. The monoisotopic (exact) mass is 977 g/mol. The van der Waals surface area contributed by atoms with E-state index < -0.39 is 0 Å². The Morgan fingerprint density at radius 1 is 0.571 bits per heavy atom. The van der Waals surface area contributed by atoms with Crippen molar-refractivity contribution in [3.05, 3.63) is 48.2 Å². The molecule has 0 spiro atoms. The van der Waals surface area contributed by atoms with Crippen LogP contribution < -0.4 is 0 Å². The van der Waals surface area contributed by atoms with Gasteiger partial charge in [0.15, 0.2) is 0 Å². The Labute approximate surface area is 230 Å². The minimum atomic E-state index is 0. The summed E-state index contributed by atoms with van der Waals surface area (Å²) in [5, 5.41) is 0. The van der Waals surface area contributed by atoms with Gasteiger partial charge in [-0.1, -0.05) is 18.2 Å². The molecule has 0 aliphatic carbocycles. The van der Waals surface area contributed by atoms with E-state index in [1.807, 2.05) is 30.3 Å². The number of hydrogen-bond acceptors (Lipinski definition) is 2. The van der Waals surface area contributed by atoms with Crippen LogP contribution in [0.5, 0.6) is 0 Å². The molecule has 0 saturated heterocycles. The summed E-state index contributed by atoms with van der Waals surface area (Å²) >= 11 is 20.3. The quantitative estimate of drug-likeness (QED) is 0.0923. The van der Waals surface area contributed by atoms with Gasteiger partial charge in [-0.15, -0.1) is 25.3 Å². The van der Waals surface area contributed by atoms with Crippen molar-refractivity contribution in [1.29, 1.82) is 0 Å². The molecule has 2 aromatic carbocycles. The first kappa shape index (κ1) is 27.3. The van der Waals surface area contributed by atoms with Crippen LogP contribution in [0.1, 0.15) is 0 Å². The topological polar surface area (TPSA) is 0 Å². The van der Waals surface area contributed by atoms with Crippen LogP contribution in [-0.2, 0) is 39.0 Å². The largest absolute Gasteiger partial charge is 0.143 e. The normalized spacial score (nSPS) is 8.90. The van der Waals surface area contributed by atoms with E-state index in [4.69, 9.17) is 0 Å². The molecule has 0 saturated carbocycles. The summed E-state index contributed by atoms with van der Waals surface area (Å²) in [6.45, 7) is 0. The number of rotatable bonds is 0. The second kappa shape index (κ2) is 14.1. The molecule has 0 aliphatic heterocycles. The number of benzene rings is 2. The van der Waals surface area contributed by atoms with E-state index in [1.54, 1.807) is 0 Å². The molecule has 0 aliphatic rings. The van der Waals surface area contributed by atoms with Crippen LogP contribution in [0, 0.1) is 17.9 Å². The van der Waals surface area contributed by atoms with Crippen LogP contribution in [0.2, 0.25) is 0 Å². The maximum atomic E-state index is 4.47. The molecule has 106 valence electrons. The average Bonchev–Trinajstić information content (AvgIpc) is 2.42. The van der Waals surface area contributed by atoms with Crippen LogP contribution in [0.15, 0.2) is 40.1 Å². The summed E-state index contributed by atoms with van der Waals surface area (Å²) in [6, 6.07) is 9.79. The van der Waals surface area contributed by atoms with E-state index in [-0.39, 0.29) is 39.0 Å². The van der Waals surface area contributed by atoms with Gasteiger partial charge in [0.05, 0.1) is 0 Å². The minimum Gasteiger partial charge on any atom is -0.143 e. The van der Waals surface area contributed by atoms with Crippen molar-refractivity contribution < 1.29 is 39.0 Å². The minimum absolute atomic E-state index is 0. The summed E-state index contributed by atoms with van der Waals surface area (Å²) < 4.78 is 6.46. The van der Waals surface area contributed by atoms with E-state index in [0.29, 0.717) is 0 Å². The van der Waals surface area contributed by atoms with Crippen LogP contribution in [-0.4, -0.2) is 0 Å². The Morgan fingerprint density at radius 3 is 1.19 bits per heavy atom. The van der Waals surface area contributed by atoms with Crippen molar-refractivity contribution in [1.82, 2.24) is 0 Å². The molecule has 0 atom stereocenters. The zero-order chi connectivity index (χ0) is 14.6. The van der Waals surface area contributed by atoms with Crippen molar-refractivity contribution in [2.24, 2.45) is 0 Å². The predicted molar refractivity (Wildman–Crippen MR) is 131 cm³/mol. The van der Waals surface area contributed by atoms with Crippen LogP contribution in [0.4, 0.5) is 0 Å². The third-order valence-electron chi connectivity index (χ3n) is 1.94. The SMILES string of the molecule is Sc1c(I)c(I)c(I)c(I)c1I.Sc1ccccc1.[Zn].[Zn]. The van der Waals surface area contributed by atoms with E-state index in [1.165, 1.54) is 17.9 Å². The zero-order valence-electron chi connectivity index (χ0n) is 10.6. The van der Waals surface area contributed by atoms with Crippen LogP contribution >= 0.6 is 138 Å². The van der Waals surface area contributed by atoms with Crippen LogP contribution in [0.3, 0.4) is 0 Å².